The Morgan fingerprint density at radius 2 is 1.91 bits per heavy atom. The summed E-state index contributed by atoms with van der Waals surface area (Å²) in [4.78, 5) is 23.3. The molecule has 0 spiro atoms. The van der Waals surface area contributed by atoms with Gasteiger partial charge in [-0.25, -0.2) is 14.8 Å². The molecule has 0 saturated heterocycles. The lowest BCUT2D eigenvalue weighted by atomic mass is 10.0. The largest absolute Gasteiger partial charge is 0.434 e. The second-order valence-electron chi connectivity index (χ2n) is 7.32. The van der Waals surface area contributed by atoms with E-state index < -0.39 is 17.9 Å². The van der Waals surface area contributed by atoms with Crippen LogP contribution in [0.25, 0.3) is 33.2 Å². The van der Waals surface area contributed by atoms with E-state index >= 15 is 0 Å². The highest BCUT2D eigenvalue weighted by atomic mass is 32.1. The van der Waals surface area contributed by atoms with E-state index in [0.717, 1.165) is 29.6 Å². The maximum Gasteiger partial charge on any atom is 0.434 e. The minimum atomic E-state index is -4.59. The maximum absolute atomic E-state index is 13.1. The van der Waals surface area contributed by atoms with Crippen LogP contribution in [0.4, 0.5) is 23.8 Å². The van der Waals surface area contributed by atoms with Crippen molar-refractivity contribution in [1.29, 1.82) is 0 Å². The Morgan fingerprint density at radius 1 is 1.12 bits per heavy atom. The molecule has 9 nitrogen and oxygen atoms in total. The summed E-state index contributed by atoms with van der Waals surface area (Å²) in [6.07, 6.45) is 1.91. The van der Waals surface area contributed by atoms with Gasteiger partial charge < -0.3 is 10.2 Å². The molecule has 1 aliphatic rings. The first-order valence-corrected chi connectivity index (χ1v) is 10.5. The molecule has 0 unspecified atom stereocenters. The van der Waals surface area contributed by atoms with Crippen molar-refractivity contribution in [1.82, 2.24) is 25.1 Å². The molecule has 3 N–H and O–H groups in total. The molecule has 168 valence electrons. The summed E-state index contributed by atoms with van der Waals surface area (Å²) in [7, 11) is 0. The molecule has 5 rings (SSSR count). The van der Waals surface area contributed by atoms with E-state index in [1.165, 1.54) is 18.5 Å². The highest BCUT2D eigenvalue weighted by molar-refractivity contribution is 7.13. The first-order chi connectivity index (χ1) is 15.8. The van der Waals surface area contributed by atoms with Crippen LogP contribution in [0, 0.1) is 0 Å². The predicted molar refractivity (Wildman–Crippen MR) is 112 cm³/mol. The van der Waals surface area contributed by atoms with Crippen molar-refractivity contribution in [2.24, 2.45) is 5.73 Å². The van der Waals surface area contributed by atoms with Crippen molar-refractivity contribution in [3.8, 4) is 33.2 Å². The van der Waals surface area contributed by atoms with Crippen molar-refractivity contribution < 1.29 is 22.4 Å². The van der Waals surface area contributed by atoms with Crippen molar-refractivity contribution in [3.05, 3.63) is 47.7 Å². The third-order valence-corrected chi connectivity index (χ3v) is 5.72. The Balaban J connectivity index is 1.58. The molecular weight excluding hydrogens is 459 g/mol. The molecule has 4 heterocycles. The van der Waals surface area contributed by atoms with Gasteiger partial charge in [-0.3, -0.25) is 10.3 Å². The summed E-state index contributed by atoms with van der Waals surface area (Å²) < 4.78 is 45.1. The van der Waals surface area contributed by atoms with Crippen molar-refractivity contribution in [2.45, 2.75) is 24.9 Å². The zero-order valence-corrected chi connectivity index (χ0v) is 17.4. The van der Waals surface area contributed by atoms with Gasteiger partial charge in [0.05, 0.1) is 5.56 Å². The van der Waals surface area contributed by atoms with Crippen LogP contribution in [0.3, 0.4) is 0 Å². The molecule has 4 aromatic heterocycles. The standard InChI is InChI=1S/C20H14F3N7O2S/c21-20(22,23)14-8-33-18(27-14)12-4-15(28-19(24)31)26-7-13(12)10-3-11(6-25-5-10)17-30-29-16(32-17)9-1-2-9/h3-9H,1-2H2,(H3,24,26,28,31). The predicted octanol–water partition coefficient (Wildman–Crippen LogP) is 4.70. The highest BCUT2D eigenvalue weighted by Gasteiger charge is 2.34. The molecule has 0 bridgehead atoms. The minimum absolute atomic E-state index is 0.0695. The number of aromatic nitrogens is 5. The number of amides is 2. The summed E-state index contributed by atoms with van der Waals surface area (Å²) >= 11 is 0.816. The fourth-order valence-electron chi connectivity index (χ4n) is 3.14. The van der Waals surface area contributed by atoms with E-state index in [4.69, 9.17) is 10.2 Å². The summed E-state index contributed by atoms with van der Waals surface area (Å²) in [5, 5.41) is 11.5. The fraction of sp³-hybridized carbons (Fsp3) is 0.200. The third kappa shape index (κ3) is 4.39. The lowest BCUT2D eigenvalue weighted by molar-refractivity contribution is -0.140. The number of urea groups is 1. The number of pyridine rings is 2. The van der Waals surface area contributed by atoms with Gasteiger partial charge >= 0.3 is 12.2 Å². The Labute approximate surface area is 187 Å². The van der Waals surface area contributed by atoms with E-state index in [9.17, 15) is 18.0 Å². The molecule has 0 atom stereocenters. The molecule has 0 radical (unpaired) electrons. The number of nitrogens with zero attached hydrogens (tertiary/aromatic N) is 5. The molecule has 0 aromatic carbocycles. The average Bonchev–Trinajstić information content (AvgIpc) is 3.29. The average molecular weight is 473 g/mol. The van der Waals surface area contributed by atoms with Crippen LogP contribution in [0.5, 0.6) is 0 Å². The van der Waals surface area contributed by atoms with Gasteiger partial charge in [0, 0.05) is 46.6 Å². The van der Waals surface area contributed by atoms with Crippen LogP contribution < -0.4 is 11.1 Å². The van der Waals surface area contributed by atoms with Gasteiger partial charge in [-0.15, -0.1) is 21.5 Å². The number of alkyl halides is 3. The number of thiazole rings is 1. The zero-order valence-electron chi connectivity index (χ0n) is 16.6. The van der Waals surface area contributed by atoms with Crippen molar-refractivity contribution in [2.75, 3.05) is 5.32 Å². The molecule has 1 saturated carbocycles. The van der Waals surface area contributed by atoms with Crippen LogP contribution in [-0.4, -0.2) is 31.2 Å². The molecule has 1 fully saturated rings. The lowest BCUT2D eigenvalue weighted by Crippen LogP contribution is -2.20. The highest BCUT2D eigenvalue weighted by Crippen LogP contribution is 2.41. The normalized spacial score (nSPS) is 13.8. The molecule has 33 heavy (non-hydrogen) atoms. The van der Waals surface area contributed by atoms with Crippen molar-refractivity contribution >= 4 is 23.2 Å². The lowest BCUT2D eigenvalue weighted by Gasteiger charge is -2.10. The topological polar surface area (TPSA) is 133 Å². The second-order valence-corrected chi connectivity index (χ2v) is 8.18. The number of nitrogens with two attached hydrogens (primary N) is 1. The van der Waals surface area contributed by atoms with Gasteiger partial charge in [0.15, 0.2) is 5.69 Å². The summed E-state index contributed by atoms with van der Waals surface area (Å²) in [5.74, 6) is 1.22. The van der Waals surface area contributed by atoms with Gasteiger partial charge in [0.25, 0.3) is 0 Å². The van der Waals surface area contributed by atoms with E-state index in [2.05, 4.69) is 30.5 Å². The third-order valence-electron chi connectivity index (χ3n) is 4.84. The number of hydrogen-bond acceptors (Lipinski definition) is 8. The van der Waals surface area contributed by atoms with E-state index in [1.54, 1.807) is 12.3 Å². The smallest absolute Gasteiger partial charge is 0.420 e. The van der Waals surface area contributed by atoms with E-state index in [0.29, 0.717) is 34.0 Å². The van der Waals surface area contributed by atoms with E-state index in [-0.39, 0.29) is 16.7 Å². The van der Waals surface area contributed by atoms with Gasteiger partial charge in [-0.05, 0) is 25.0 Å². The summed E-state index contributed by atoms with van der Waals surface area (Å²) in [5.41, 5.74) is 5.99. The zero-order chi connectivity index (χ0) is 23.2. The molecular formula is C20H14F3N7O2S. The number of nitrogens with one attached hydrogen (secondary N) is 1. The second kappa shape index (κ2) is 7.92. The number of hydrogen-bond donors (Lipinski definition) is 2. The Hall–Kier alpha value is -3.87. The SMILES string of the molecule is NC(=O)Nc1cc(-c2nc(C(F)(F)F)cs2)c(-c2cncc(-c3nnc(C4CC4)o3)c2)cn1. The molecule has 0 aliphatic heterocycles. The first kappa shape index (κ1) is 21.0. The fourth-order valence-corrected chi connectivity index (χ4v) is 3.99. The minimum Gasteiger partial charge on any atom is -0.420 e. The Bertz CT molecular complexity index is 1350. The maximum atomic E-state index is 13.1. The number of rotatable bonds is 5. The van der Waals surface area contributed by atoms with Gasteiger partial charge in [-0.2, -0.15) is 13.2 Å². The van der Waals surface area contributed by atoms with Crippen molar-refractivity contribution in [3.63, 3.8) is 0 Å². The Kier molecular flexibility index (Phi) is 5.04. The summed E-state index contributed by atoms with van der Waals surface area (Å²) in [6.45, 7) is 0. The molecule has 1 aliphatic carbocycles. The molecule has 4 aromatic rings. The van der Waals surface area contributed by atoms with Gasteiger partial charge in [-0.1, -0.05) is 0 Å². The van der Waals surface area contributed by atoms with Gasteiger partial charge in [0.2, 0.25) is 11.8 Å². The monoisotopic (exact) mass is 473 g/mol. The molecule has 13 heteroatoms. The molecule has 2 amide bonds. The van der Waals surface area contributed by atoms with Gasteiger partial charge in [0.1, 0.15) is 10.8 Å². The van der Waals surface area contributed by atoms with Crippen LogP contribution in [0.15, 0.2) is 40.5 Å². The van der Waals surface area contributed by atoms with Crippen LogP contribution >= 0.6 is 11.3 Å². The number of anilines is 1. The Morgan fingerprint density at radius 3 is 2.61 bits per heavy atom. The summed E-state index contributed by atoms with van der Waals surface area (Å²) in [6, 6.07) is 2.27. The number of primary amides is 1. The number of carbonyl (C=O) groups is 1. The number of halogens is 3. The first-order valence-electron chi connectivity index (χ1n) is 9.67. The quantitative estimate of drug-likeness (QED) is 0.429. The van der Waals surface area contributed by atoms with Crippen LogP contribution in [-0.2, 0) is 6.18 Å². The van der Waals surface area contributed by atoms with Crippen LogP contribution in [0.1, 0.15) is 30.3 Å². The van der Waals surface area contributed by atoms with Crippen LogP contribution in [0.2, 0.25) is 0 Å². The van der Waals surface area contributed by atoms with E-state index in [1.807, 2.05) is 0 Å². The number of carbonyl (C=O) groups excluding carboxylic acids is 1.